The number of hydrogen-bond donors (Lipinski definition) is 1. The number of rotatable bonds is 3. The molecule has 3 rings (SSSR count). The summed E-state index contributed by atoms with van der Waals surface area (Å²) in [6, 6.07) is 15.7. The number of H-pyrrole nitrogens is 1. The number of aromatic nitrogens is 1. The van der Waals surface area contributed by atoms with E-state index < -0.39 is 0 Å². The van der Waals surface area contributed by atoms with Gasteiger partial charge in [-0.3, -0.25) is 4.79 Å². The van der Waals surface area contributed by atoms with Crippen LogP contribution in [0.2, 0.25) is 0 Å². The Bertz CT molecular complexity index is 792. The zero-order valence-electron chi connectivity index (χ0n) is 12.5. The largest absolute Gasteiger partial charge is 0.351 e. The molecule has 112 valence electrons. The number of halogens is 1. The first-order valence-corrected chi connectivity index (χ1v) is 7.17. The van der Waals surface area contributed by atoms with Gasteiger partial charge in [-0.05, 0) is 25.1 Å². The molecule has 3 aromatic rings. The van der Waals surface area contributed by atoms with Crippen molar-refractivity contribution in [1.82, 2.24) is 9.88 Å². The maximum Gasteiger partial charge on any atom is 0.270 e. The number of hydrogen-bond acceptors (Lipinski definition) is 1. The van der Waals surface area contributed by atoms with Gasteiger partial charge in [0.1, 0.15) is 11.5 Å². The normalized spacial score (nSPS) is 12.3. The molecule has 0 saturated carbocycles. The summed E-state index contributed by atoms with van der Waals surface area (Å²) in [6.07, 6.45) is 0. The van der Waals surface area contributed by atoms with E-state index >= 15 is 0 Å². The highest BCUT2D eigenvalue weighted by Crippen LogP contribution is 2.24. The van der Waals surface area contributed by atoms with Gasteiger partial charge in [-0.2, -0.15) is 0 Å². The van der Waals surface area contributed by atoms with E-state index in [4.69, 9.17) is 0 Å². The molecule has 0 unspecified atom stereocenters. The van der Waals surface area contributed by atoms with Crippen LogP contribution in [0.4, 0.5) is 4.39 Å². The molecule has 1 amide bonds. The number of carbonyl (C=O) groups is 1. The summed E-state index contributed by atoms with van der Waals surface area (Å²) >= 11 is 0. The van der Waals surface area contributed by atoms with Crippen LogP contribution in [0.15, 0.2) is 54.6 Å². The third-order valence-corrected chi connectivity index (χ3v) is 4.02. The highest BCUT2D eigenvalue weighted by molar-refractivity contribution is 5.98. The number of aromatic amines is 1. The van der Waals surface area contributed by atoms with Crippen molar-refractivity contribution in [2.24, 2.45) is 0 Å². The molecule has 0 aliphatic heterocycles. The SMILES string of the molecule is C[C@@H](c1ccccc1F)N(C)C(=O)c1cc2ccccc2[nH]1. The maximum absolute atomic E-state index is 13.9. The van der Waals surface area contributed by atoms with Crippen molar-refractivity contribution < 1.29 is 9.18 Å². The van der Waals surface area contributed by atoms with E-state index in [1.807, 2.05) is 37.3 Å². The standard InChI is InChI=1S/C18H17FN2O/c1-12(14-8-4-5-9-15(14)19)21(2)18(22)17-11-13-7-3-6-10-16(13)20-17/h3-12,20H,1-2H3/t12-/m0/s1. The summed E-state index contributed by atoms with van der Waals surface area (Å²) in [6.45, 7) is 1.82. The molecule has 1 aromatic heterocycles. The Balaban J connectivity index is 1.89. The van der Waals surface area contributed by atoms with Crippen LogP contribution >= 0.6 is 0 Å². The predicted octanol–water partition coefficient (Wildman–Crippen LogP) is 4.14. The Labute approximate surface area is 128 Å². The minimum Gasteiger partial charge on any atom is -0.351 e. The summed E-state index contributed by atoms with van der Waals surface area (Å²) < 4.78 is 13.9. The van der Waals surface area contributed by atoms with Gasteiger partial charge < -0.3 is 9.88 Å². The summed E-state index contributed by atoms with van der Waals surface area (Å²) in [5, 5.41) is 0.984. The molecule has 1 N–H and O–H groups in total. The molecule has 1 heterocycles. The average molecular weight is 296 g/mol. The van der Waals surface area contributed by atoms with Crippen LogP contribution in [-0.2, 0) is 0 Å². The highest BCUT2D eigenvalue weighted by atomic mass is 19.1. The van der Waals surface area contributed by atoms with E-state index in [1.54, 1.807) is 30.1 Å². The first-order valence-electron chi connectivity index (χ1n) is 7.17. The average Bonchev–Trinajstić information content (AvgIpc) is 2.97. The molecule has 0 saturated heterocycles. The van der Waals surface area contributed by atoms with Gasteiger partial charge in [0.2, 0.25) is 0 Å². The van der Waals surface area contributed by atoms with Gasteiger partial charge in [-0.15, -0.1) is 0 Å². The fraction of sp³-hybridized carbons (Fsp3) is 0.167. The Morgan fingerprint density at radius 3 is 2.55 bits per heavy atom. The van der Waals surface area contributed by atoms with E-state index in [0.717, 1.165) is 10.9 Å². The smallest absolute Gasteiger partial charge is 0.270 e. The summed E-state index contributed by atoms with van der Waals surface area (Å²) in [4.78, 5) is 17.3. The predicted molar refractivity (Wildman–Crippen MR) is 85.2 cm³/mol. The Kier molecular flexibility index (Phi) is 3.67. The van der Waals surface area contributed by atoms with Crippen LogP contribution in [0.5, 0.6) is 0 Å². The molecule has 0 bridgehead atoms. The van der Waals surface area contributed by atoms with Crippen LogP contribution < -0.4 is 0 Å². The Hall–Kier alpha value is -2.62. The number of nitrogens with one attached hydrogen (secondary N) is 1. The van der Waals surface area contributed by atoms with Crippen molar-refractivity contribution in [2.45, 2.75) is 13.0 Å². The number of carbonyl (C=O) groups excluding carboxylic acids is 1. The molecular formula is C18H17FN2O. The monoisotopic (exact) mass is 296 g/mol. The number of nitrogens with zero attached hydrogens (tertiary/aromatic N) is 1. The molecule has 0 spiro atoms. The molecule has 0 fully saturated rings. The first kappa shape index (κ1) is 14.3. The van der Waals surface area contributed by atoms with Crippen LogP contribution in [0.1, 0.15) is 29.0 Å². The van der Waals surface area contributed by atoms with Crippen molar-refractivity contribution in [1.29, 1.82) is 0 Å². The van der Waals surface area contributed by atoms with Gasteiger partial charge in [-0.1, -0.05) is 36.4 Å². The van der Waals surface area contributed by atoms with E-state index in [0.29, 0.717) is 11.3 Å². The van der Waals surface area contributed by atoms with Gasteiger partial charge >= 0.3 is 0 Å². The third kappa shape index (κ3) is 2.48. The van der Waals surface area contributed by atoms with E-state index in [2.05, 4.69) is 4.98 Å². The van der Waals surface area contributed by atoms with Crippen molar-refractivity contribution in [3.63, 3.8) is 0 Å². The lowest BCUT2D eigenvalue weighted by Gasteiger charge is -2.25. The third-order valence-electron chi connectivity index (χ3n) is 4.02. The second-order valence-corrected chi connectivity index (χ2v) is 5.38. The fourth-order valence-electron chi connectivity index (χ4n) is 2.58. The van der Waals surface area contributed by atoms with Crippen molar-refractivity contribution in [2.75, 3.05) is 7.05 Å². The minimum absolute atomic E-state index is 0.160. The minimum atomic E-state index is -0.347. The summed E-state index contributed by atoms with van der Waals surface area (Å²) in [5.74, 6) is -0.460. The van der Waals surface area contributed by atoms with Gasteiger partial charge in [0, 0.05) is 23.5 Å². The van der Waals surface area contributed by atoms with E-state index in [1.165, 1.54) is 6.07 Å². The van der Waals surface area contributed by atoms with Crippen LogP contribution in [0, 0.1) is 5.82 Å². The Morgan fingerprint density at radius 1 is 1.14 bits per heavy atom. The molecular weight excluding hydrogens is 279 g/mol. The van der Waals surface area contributed by atoms with Gasteiger partial charge in [0.15, 0.2) is 0 Å². The van der Waals surface area contributed by atoms with E-state index in [9.17, 15) is 9.18 Å². The lowest BCUT2D eigenvalue weighted by molar-refractivity contribution is 0.0735. The van der Waals surface area contributed by atoms with Gasteiger partial charge in [0.25, 0.3) is 5.91 Å². The summed E-state index contributed by atoms with van der Waals surface area (Å²) in [5.41, 5.74) is 1.93. The molecule has 0 radical (unpaired) electrons. The number of amides is 1. The molecule has 3 nitrogen and oxygen atoms in total. The molecule has 22 heavy (non-hydrogen) atoms. The molecule has 1 atom stereocenters. The topological polar surface area (TPSA) is 36.1 Å². The lowest BCUT2D eigenvalue weighted by atomic mass is 10.1. The highest BCUT2D eigenvalue weighted by Gasteiger charge is 2.22. The maximum atomic E-state index is 13.9. The molecule has 2 aromatic carbocycles. The zero-order chi connectivity index (χ0) is 15.7. The zero-order valence-corrected chi connectivity index (χ0v) is 12.5. The van der Waals surface area contributed by atoms with E-state index in [-0.39, 0.29) is 17.8 Å². The number of fused-ring (bicyclic) bond motifs is 1. The van der Waals surface area contributed by atoms with Crippen molar-refractivity contribution >= 4 is 16.8 Å². The lowest BCUT2D eigenvalue weighted by Crippen LogP contribution is -2.30. The first-order chi connectivity index (χ1) is 10.6. The molecule has 0 aliphatic carbocycles. The second-order valence-electron chi connectivity index (χ2n) is 5.38. The number of para-hydroxylation sites is 1. The van der Waals surface area contributed by atoms with Crippen molar-refractivity contribution in [3.8, 4) is 0 Å². The van der Waals surface area contributed by atoms with Crippen LogP contribution in [0.3, 0.4) is 0 Å². The van der Waals surface area contributed by atoms with Gasteiger partial charge in [0.05, 0.1) is 6.04 Å². The Morgan fingerprint density at radius 2 is 1.82 bits per heavy atom. The quantitative estimate of drug-likeness (QED) is 0.774. The van der Waals surface area contributed by atoms with Crippen LogP contribution in [-0.4, -0.2) is 22.8 Å². The fourth-order valence-corrected chi connectivity index (χ4v) is 2.58. The van der Waals surface area contributed by atoms with Crippen LogP contribution in [0.25, 0.3) is 10.9 Å². The second kappa shape index (κ2) is 5.64. The van der Waals surface area contributed by atoms with Gasteiger partial charge in [-0.25, -0.2) is 4.39 Å². The molecule has 0 aliphatic rings. The summed E-state index contributed by atoms with van der Waals surface area (Å²) in [7, 11) is 1.69. The number of benzene rings is 2. The molecule has 4 heteroatoms. The van der Waals surface area contributed by atoms with Crippen molar-refractivity contribution in [3.05, 3.63) is 71.7 Å².